The molecular weight excluding hydrogens is 398 g/mol. The van der Waals surface area contributed by atoms with Gasteiger partial charge in [-0.05, 0) is 0 Å². The van der Waals surface area contributed by atoms with E-state index in [0.717, 1.165) is 0 Å². The Hall–Kier alpha value is 1.11. The minimum atomic E-state index is -0.472. The first kappa shape index (κ1) is 14.1. The third-order valence-electron chi connectivity index (χ3n) is 1.85. The average molecular weight is 412 g/mol. The van der Waals surface area contributed by atoms with Gasteiger partial charge in [-0.1, -0.05) is 0 Å². The third-order valence-corrected chi connectivity index (χ3v) is 1.85. The molecule has 0 bridgehead atoms. The molecular formula is C6H14Cl2N2O2Pt. The summed E-state index contributed by atoms with van der Waals surface area (Å²) in [5.41, 5.74) is 10.9. The molecule has 1 aliphatic rings. The predicted octanol–water partition coefficient (Wildman–Crippen LogP) is 0.271. The van der Waals surface area contributed by atoms with Crippen molar-refractivity contribution in [2.45, 2.75) is 0 Å². The van der Waals surface area contributed by atoms with Crippen LogP contribution in [-0.4, -0.2) is 33.1 Å². The number of halogens is 2. The van der Waals surface area contributed by atoms with Gasteiger partial charge in [-0.25, -0.2) is 0 Å². The fraction of sp³-hybridized carbons (Fsp3) is 1.00. The molecule has 7 heteroatoms. The molecule has 0 aromatic carbocycles. The molecule has 0 aliphatic carbocycles. The van der Waals surface area contributed by atoms with Gasteiger partial charge in [0.05, 0.1) is 13.2 Å². The van der Waals surface area contributed by atoms with E-state index in [4.69, 9.17) is 39.8 Å². The van der Waals surface area contributed by atoms with Gasteiger partial charge in [0.2, 0.25) is 0 Å². The van der Waals surface area contributed by atoms with Crippen LogP contribution in [-0.2, 0) is 26.0 Å². The molecule has 0 aromatic rings. The van der Waals surface area contributed by atoms with Gasteiger partial charge < -0.3 is 20.9 Å². The Bertz CT molecular complexity index is 119. The monoisotopic (exact) mass is 411 g/mol. The van der Waals surface area contributed by atoms with Gasteiger partial charge in [0.1, 0.15) is 6.79 Å². The normalized spacial score (nSPS) is 20.6. The molecule has 0 amide bonds. The molecule has 0 saturated carbocycles. The van der Waals surface area contributed by atoms with Crippen LogP contribution in [0.1, 0.15) is 0 Å². The van der Waals surface area contributed by atoms with Crippen molar-refractivity contribution in [3.05, 3.63) is 0 Å². The van der Waals surface area contributed by atoms with Crippen LogP contribution in [0.5, 0.6) is 0 Å². The molecule has 13 heavy (non-hydrogen) atoms. The van der Waals surface area contributed by atoms with E-state index in [0.29, 0.717) is 33.1 Å². The van der Waals surface area contributed by atoms with E-state index in [9.17, 15) is 0 Å². The zero-order valence-electron chi connectivity index (χ0n) is 7.08. The molecule has 1 heterocycles. The Morgan fingerprint density at radius 3 is 1.77 bits per heavy atom. The quantitative estimate of drug-likeness (QED) is 0.684. The number of nitrogens with two attached hydrogens (primary N) is 2. The molecule has 4 nitrogen and oxygen atoms in total. The van der Waals surface area contributed by atoms with Crippen LogP contribution in [0.2, 0.25) is 0 Å². The number of hydrogen-bond acceptors (Lipinski definition) is 4. The molecule has 84 valence electrons. The van der Waals surface area contributed by atoms with Gasteiger partial charge >= 0.3 is 35.3 Å². The SMILES string of the molecule is NCC1(CN)COCOC1.[Cl][Pt][Cl]. The second-order valence-electron chi connectivity index (χ2n) is 2.77. The van der Waals surface area contributed by atoms with Crippen molar-refractivity contribution in [3.8, 4) is 0 Å². The van der Waals surface area contributed by atoms with Crippen molar-refractivity contribution >= 4 is 18.8 Å². The average Bonchev–Trinajstić information content (AvgIpc) is 2.20. The van der Waals surface area contributed by atoms with Gasteiger partial charge in [-0.2, -0.15) is 0 Å². The summed E-state index contributed by atoms with van der Waals surface area (Å²) in [5, 5.41) is 0. The van der Waals surface area contributed by atoms with E-state index < -0.39 is 16.5 Å². The zero-order chi connectivity index (χ0) is 10.2. The van der Waals surface area contributed by atoms with Crippen molar-refractivity contribution in [2.24, 2.45) is 16.9 Å². The molecule has 0 aromatic heterocycles. The Morgan fingerprint density at radius 2 is 1.54 bits per heavy atom. The topological polar surface area (TPSA) is 70.5 Å². The molecule has 0 atom stereocenters. The molecule has 0 unspecified atom stereocenters. The van der Waals surface area contributed by atoms with Crippen LogP contribution in [0.25, 0.3) is 0 Å². The summed E-state index contributed by atoms with van der Waals surface area (Å²) in [6, 6.07) is 0. The van der Waals surface area contributed by atoms with E-state index in [1.54, 1.807) is 0 Å². The summed E-state index contributed by atoms with van der Waals surface area (Å²) < 4.78 is 10.2. The van der Waals surface area contributed by atoms with Crippen molar-refractivity contribution < 1.29 is 26.0 Å². The van der Waals surface area contributed by atoms with E-state index in [1.165, 1.54) is 0 Å². The Morgan fingerprint density at radius 1 is 1.15 bits per heavy atom. The molecule has 1 rings (SSSR count). The summed E-state index contributed by atoms with van der Waals surface area (Å²) in [5.74, 6) is 0. The number of rotatable bonds is 2. The second-order valence-corrected chi connectivity index (χ2v) is 6.05. The van der Waals surface area contributed by atoms with Gasteiger partial charge in [0, 0.05) is 18.5 Å². The van der Waals surface area contributed by atoms with Crippen LogP contribution in [0.3, 0.4) is 0 Å². The van der Waals surface area contributed by atoms with E-state index >= 15 is 0 Å². The fourth-order valence-electron chi connectivity index (χ4n) is 0.936. The molecule has 0 spiro atoms. The first-order valence-corrected chi connectivity index (χ1v) is 9.26. The molecule has 1 fully saturated rings. The molecule has 0 radical (unpaired) electrons. The van der Waals surface area contributed by atoms with Crippen molar-refractivity contribution in [1.29, 1.82) is 0 Å². The summed E-state index contributed by atoms with van der Waals surface area (Å²) in [6.07, 6.45) is 0. The van der Waals surface area contributed by atoms with Crippen LogP contribution < -0.4 is 11.5 Å². The predicted molar refractivity (Wildman–Crippen MR) is 49.0 cm³/mol. The van der Waals surface area contributed by atoms with Crippen molar-refractivity contribution in [3.63, 3.8) is 0 Å². The van der Waals surface area contributed by atoms with Gasteiger partial charge in [-0.15, -0.1) is 0 Å². The van der Waals surface area contributed by atoms with Crippen LogP contribution in [0, 0.1) is 5.41 Å². The van der Waals surface area contributed by atoms with E-state index in [2.05, 4.69) is 0 Å². The minimum absolute atomic E-state index is 0.127. The van der Waals surface area contributed by atoms with Crippen molar-refractivity contribution in [1.82, 2.24) is 0 Å². The zero-order valence-corrected chi connectivity index (χ0v) is 10.9. The Balaban J connectivity index is 0.000000424. The van der Waals surface area contributed by atoms with Gasteiger partial charge in [0.15, 0.2) is 0 Å². The fourth-order valence-corrected chi connectivity index (χ4v) is 0.936. The number of ether oxygens (including phenoxy) is 2. The Labute approximate surface area is 94.6 Å². The Kier molecular flexibility index (Phi) is 9.14. The summed E-state index contributed by atoms with van der Waals surface area (Å²) in [4.78, 5) is 0. The first-order valence-electron chi connectivity index (χ1n) is 3.62. The maximum absolute atomic E-state index is 5.51. The van der Waals surface area contributed by atoms with Gasteiger partial charge in [0.25, 0.3) is 0 Å². The van der Waals surface area contributed by atoms with E-state index in [-0.39, 0.29) is 5.41 Å². The summed E-state index contributed by atoms with van der Waals surface area (Å²) >= 11 is -0.472. The molecule has 1 aliphatic heterocycles. The summed E-state index contributed by atoms with van der Waals surface area (Å²) in [6.45, 7) is 2.69. The third kappa shape index (κ3) is 5.53. The maximum atomic E-state index is 5.51. The molecule has 1 saturated heterocycles. The van der Waals surface area contributed by atoms with Crippen LogP contribution in [0.4, 0.5) is 0 Å². The molecule has 4 N–H and O–H groups in total. The number of hydrogen-bond donors (Lipinski definition) is 2. The van der Waals surface area contributed by atoms with Crippen LogP contribution >= 0.6 is 18.8 Å². The standard InChI is InChI=1S/C6H14N2O2.2ClH.Pt/c7-1-6(2-8)3-9-5-10-4-6;;;/h1-5,7-8H2;2*1H;/q;;;+2/p-2. The van der Waals surface area contributed by atoms with E-state index in [1.807, 2.05) is 0 Å². The van der Waals surface area contributed by atoms with Gasteiger partial charge in [-0.3, -0.25) is 0 Å². The second kappa shape index (κ2) is 8.42. The van der Waals surface area contributed by atoms with Crippen LogP contribution in [0.15, 0.2) is 0 Å². The van der Waals surface area contributed by atoms with Crippen molar-refractivity contribution in [2.75, 3.05) is 33.1 Å². The summed E-state index contributed by atoms with van der Waals surface area (Å²) in [7, 11) is 9.75. The first-order chi connectivity index (χ1) is 6.24.